The Morgan fingerprint density at radius 3 is 2.00 bits per heavy atom. The second-order valence-electron chi connectivity index (χ2n) is 15.7. The van der Waals surface area contributed by atoms with Gasteiger partial charge in [0.15, 0.2) is 0 Å². The fraction of sp³-hybridized carbons (Fsp3) is 0.968. The van der Waals surface area contributed by atoms with Crippen LogP contribution in [0.4, 0.5) is 0 Å². The maximum absolute atomic E-state index is 13.2. The summed E-state index contributed by atoms with van der Waals surface area (Å²) in [5.41, 5.74) is 0.601. The largest absolute Gasteiger partial charge is 0.393 e. The molecule has 0 aromatic rings. The first kappa shape index (κ1) is 25.2. The molecule has 0 saturated heterocycles. The third kappa shape index (κ3) is 3.04. The zero-order valence-corrected chi connectivity index (χ0v) is 23.4. The van der Waals surface area contributed by atoms with Crippen LogP contribution in [0, 0.1) is 56.2 Å². The van der Waals surface area contributed by atoms with Gasteiger partial charge in [-0.25, -0.2) is 0 Å². The molecule has 5 saturated carbocycles. The molecule has 34 heavy (non-hydrogen) atoms. The number of methoxy groups -OCH3 is 1. The van der Waals surface area contributed by atoms with Crippen LogP contribution in [-0.2, 0) is 9.53 Å². The zero-order valence-electron chi connectivity index (χ0n) is 23.4. The molecule has 5 rings (SSSR count). The highest BCUT2D eigenvalue weighted by Gasteiger charge is 2.70. The molecule has 5 aliphatic carbocycles. The van der Waals surface area contributed by atoms with Crippen LogP contribution in [0.3, 0.4) is 0 Å². The molecule has 0 spiro atoms. The van der Waals surface area contributed by atoms with Gasteiger partial charge >= 0.3 is 0 Å². The molecule has 0 aromatic carbocycles. The minimum Gasteiger partial charge on any atom is -0.393 e. The maximum Gasteiger partial charge on any atom is 0.126 e. The topological polar surface area (TPSA) is 46.5 Å². The van der Waals surface area contributed by atoms with Crippen molar-refractivity contribution in [2.75, 3.05) is 7.11 Å². The fourth-order valence-electron chi connectivity index (χ4n) is 12.2. The van der Waals surface area contributed by atoms with Crippen molar-refractivity contribution in [1.29, 1.82) is 0 Å². The van der Waals surface area contributed by atoms with E-state index in [1.165, 1.54) is 38.4 Å². The molecule has 1 N–H and O–H groups in total. The standard InChI is InChI=1S/C31H52O3/c1-26(2)23-17-31(19-32)18-28(5)14-11-20-27(3,4)25(34-8)13-16-29(20,6)21(28)9-10-22(31)30(23,7)15-12-24(26)33/h19-25,33H,9-18H2,1-8H3/t20-,21-,22+,23-,24+,25-,28-,29-,30+,31+/m0/s1. The molecular weight excluding hydrogens is 420 g/mol. The third-order valence-corrected chi connectivity index (χ3v) is 13.7. The van der Waals surface area contributed by atoms with Crippen LogP contribution in [0.5, 0.6) is 0 Å². The van der Waals surface area contributed by atoms with E-state index < -0.39 is 0 Å². The minimum atomic E-state index is -0.243. The molecule has 0 amide bonds. The number of aliphatic hydroxyl groups is 1. The van der Waals surface area contributed by atoms with Crippen molar-refractivity contribution in [3.63, 3.8) is 0 Å². The lowest BCUT2D eigenvalue weighted by atomic mass is 9.41. The lowest BCUT2D eigenvalue weighted by Gasteiger charge is -2.64. The predicted octanol–water partition coefficient (Wildman–Crippen LogP) is 7.05. The highest BCUT2D eigenvalue weighted by Crippen LogP contribution is 2.75. The van der Waals surface area contributed by atoms with Crippen LogP contribution in [0.15, 0.2) is 0 Å². The Morgan fingerprint density at radius 2 is 1.35 bits per heavy atom. The number of carbonyl (C=O) groups excluding carboxylic acids is 1. The lowest BCUT2D eigenvalue weighted by Crippen LogP contribution is -2.59. The fourth-order valence-corrected chi connectivity index (χ4v) is 12.2. The highest BCUT2D eigenvalue weighted by atomic mass is 16.5. The van der Waals surface area contributed by atoms with E-state index in [9.17, 15) is 9.90 Å². The van der Waals surface area contributed by atoms with Crippen molar-refractivity contribution in [2.24, 2.45) is 56.2 Å². The van der Waals surface area contributed by atoms with Gasteiger partial charge in [-0.15, -0.1) is 0 Å². The summed E-state index contributed by atoms with van der Waals surface area (Å²) >= 11 is 0. The molecular formula is C31H52O3. The quantitative estimate of drug-likeness (QED) is 0.438. The number of aliphatic hydroxyl groups excluding tert-OH is 1. The van der Waals surface area contributed by atoms with Crippen molar-refractivity contribution < 1.29 is 14.6 Å². The van der Waals surface area contributed by atoms with E-state index in [1.807, 2.05) is 7.11 Å². The van der Waals surface area contributed by atoms with E-state index in [4.69, 9.17) is 4.74 Å². The zero-order chi connectivity index (χ0) is 24.9. The molecule has 5 aliphatic rings. The number of rotatable bonds is 2. The van der Waals surface area contributed by atoms with Gasteiger partial charge in [-0.2, -0.15) is 0 Å². The predicted molar refractivity (Wildman–Crippen MR) is 137 cm³/mol. The number of aldehydes is 1. The summed E-state index contributed by atoms with van der Waals surface area (Å²) in [7, 11) is 1.91. The number of ether oxygens (including phenoxy) is 1. The van der Waals surface area contributed by atoms with E-state index >= 15 is 0 Å². The summed E-state index contributed by atoms with van der Waals surface area (Å²) < 4.78 is 6.01. The molecule has 10 atom stereocenters. The average Bonchev–Trinajstić information content (AvgIpc) is 2.90. The van der Waals surface area contributed by atoms with Crippen molar-refractivity contribution in [3.05, 3.63) is 0 Å². The van der Waals surface area contributed by atoms with Gasteiger partial charge in [0.1, 0.15) is 6.29 Å². The Kier molecular flexibility index (Phi) is 5.61. The number of carbonyl (C=O) groups is 1. The third-order valence-electron chi connectivity index (χ3n) is 13.7. The Labute approximate surface area is 209 Å². The van der Waals surface area contributed by atoms with Gasteiger partial charge < -0.3 is 14.6 Å². The molecule has 0 radical (unpaired) electrons. The molecule has 0 bridgehead atoms. The number of hydrogen-bond acceptors (Lipinski definition) is 3. The van der Waals surface area contributed by atoms with Gasteiger partial charge in [-0.1, -0.05) is 48.5 Å². The van der Waals surface area contributed by atoms with E-state index in [0.29, 0.717) is 35.2 Å². The monoisotopic (exact) mass is 472 g/mol. The summed E-state index contributed by atoms with van der Waals surface area (Å²) in [6.07, 6.45) is 12.9. The van der Waals surface area contributed by atoms with Gasteiger partial charge in [0.05, 0.1) is 12.2 Å². The van der Waals surface area contributed by atoms with Crippen LogP contribution in [-0.4, -0.2) is 30.7 Å². The molecule has 0 heterocycles. The smallest absolute Gasteiger partial charge is 0.126 e. The van der Waals surface area contributed by atoms with Crippen molar-refractivity contribution in [2.45, 2.75) is 125 Å². The second-order valence-corrected chi connectivity index (χ2v) is 15.7. The highest BCUT2D eigenvalue weighted by molar-refractivity contribution is 5.62. The van der Waals surface area contributed by atoms with Crippen LogP contribution < -0.4 is 0 Å². The average molecular weight is 473 g/mol. The minimum absolute atomic E-state index is 0.109. The van der Waals surface area contributed by atoms with E-state index in [1.54, 1.807) is 0 Å². The number of hydrogen-bond donors (Lipinski definition) is 1. The van der Waals surface area contributed by atoms with Crippen LogP contribution in [0.25, 0.3) is 0 Å². The molecule has 3 nitrogen and oxygen atoms in total. The second kappa shape index (κ2) is 7.56. The normalized spacial score (nSPS) is 55.8. The summed E-state index contributed by atoms with van der Waals surface area (Å²) in [6, 6.07) is 0. The van der Waals surface area contributed by atoms with Gasteiger partial charge in [-0.3, -0.25) is 0 Å². The first-order valence-electron chi connectivity index (χ1n) is 14.4. The van der Waals surface area contributed by atoms with Gasteiger partial charge in [0.2, 0.25) is 0 Å². The van der Waals surface area contributed by atoms with Crippen molar-refractivity contribution in [3.8, 4) is 0 Å². The summed E-state index contributed by atoms with van der Waals surface area (Å²) in [6.45, 7) is 17.2. The van der Waals surface area contributed by atoms with Crippen LogP contribution in [0.1, 0.15) is 113 Å². The van der Waals surface area contributed by atoms with E-state index in [0.717, 1.165) is 32.1 Å². The van der Waals surface area contributed by atoms with Crippen molar-refractivity contribution >= 4 is 6.29 Å². The van der Waals surface area contributed by atoms with Crippen LogP contribution in [0.2, 0.25) is 0 Å². The molecule has 0 aromatic heterocycles. The molecule has 3 heteroatoms. The molecule has 5 fully saturated rings. The number of fused-ring (bicyclic) bond motifs is 6. The first-order chi connectivity index (χ1) is 15.7. The maximum atomic E-state index is 13.2. The Hall–Kier alpha value is -0.410. The molecule has 194 valence electrons. The van der Waals surface area contributed by atoms with Gasteiger partial charge in [0.25, 0.3) is 0 Å². The molecule has 0 unspecified atom stereocenters. The first-order valence-corrected chi connectivity index (χ1v) is 14.4. The Morgan fingerprint density at radius 1 is 0.735 bits per heavy atom. The molecule has 0 aliphatic heterocycles. The van der Waals surface area contributed by atoms with Gasteiger partial charge in [0, 0.05) is 12.5 Å². The van der Waals surface area contributed by atoms with Gasteiger partial charge in [-0.05, 0) is 115 Å². The lowest BCUT2D eigenvalue weighted by molar-refractivity contribution is -0.182. The summed E-state index contributed by atoms with van der Waals surface area (Å²) in [4.78, 5) is 13.2. The van der Waals surface area contributed by atoms with Crippen LogP contribution >= 0.6 is 0 Å². The summed E-state index contributed by atoms with van der Waals surface area (Å²) in [5, 5.41) is 10.9. The SMILES string of the molecule is CO[C@H]1CC[C@@]2(C)[C@@H](CC[C@@]3(C)C[C@@]4(C=O)C[C@H]5C(C)(C)[C@H](O)CC[C@]5(C)[C@H]4CC[C@@H]32)C1(C)C. The Bertz CT molecular complexity index is 833. The summed E-state index contributed by atoms with van der Waals surface area (Å²) in [5.74, 6) is 2.26. The van der Waals surface area contributed by atoms with Crippen molar-refractivity contribution in [1.82, 2.24) is 0 Å². The van der Waals surface area contributed by atoms with E-state index in [-0.39, 0.29) is 33.2 Å². The Balaban J connectivity index is 1.54. The van der Waals surface area contributed by atoms with E-state index in [2.05, 4.69) is 48.5 Å².